The van der Waals surface area contributed by atoms with Crippen molar-refractivity contribution in [1.29, 1.82) is 0 Å². The number of hydrogen-bond donors (Lipinski definition) is 1. The number of nitrogens with one attached hydrogen (secondary N) is 1. The van der Waals surface area contributed by atoms with Gasteiger partial charge in [0.05, 0.1) is 12.7 Å². The molecule has 2 aromatic heterocycles. The Balaban J connectivity index is 1.71. The average Bonchev–Trinajstić information content (AvgIpc) is 2.89. The monoisotopic (exact) mass is 311 g/mol. The molecule has 1 aliphatic heterocycles. The number of hydrogen-bond acceptors (Lipinski definition) is 4. The zero-order valence-corrected chi connectivity index (χ0v) is 13.3. The molecule has 0 atom stereocenters. The highest BCUT2D eigenvalue weighted by atomic mass is 16.1. The van der Waals surface area contributed by atoms with Crippen LogP contribution in [0.1, 0.15) is 0 Å². The molecule has 4 rings (SSSR count). The SMILES string of the molecule is Cn1c2ccccc2c2cnn(CCN3CCNCC3)c(=O)c21. The maximum absolute atomic E-state index is 12.8. The van der Waals surface area contributed by atoms with Crippen LogP contribution in [0.2, 0.25) is 0 Å². The molecule has 3 heterocycles. The van der Waals surface area contributed by atoms with Crippen LogP contribution in [-0.2, 0) is 13.6 Å². The van der Waals surface area contributed by atoms with E-state index < -0.39 is 0 Å². The van der Waals surface area contributed by atoms with E-state index in [1.54, 1.807) is 4.68 Å². The van der Waals surface area contributed by atoms with Crippen molar-refractivity contribution in [3.8, 4) is 0 Å². The predicted molar refractivity (Wildman–Crippen MR) is 91.8 cm³/mol. The number of piperazine rings is 1. The molecule has 0 radical (unpaired) electrons. The zero-order chi connectivity index (χ0) is 15.8. The molecule has 1 aliphatic rings. The molecule has 23 heavy (non-hydrogen) atoms. The summed E-state index contributed by atoms with van der Waals surface area (Å²) in [4.78, 5) is 15.2. The van der Waals surface area contributed by atoms with Gasteiger partial charge in [-0.1, -0.05) is 18.2 Å². The topological polar surface area (TPSA) is 55.1 Å². The van der Waals surface area contributed by atoms with Crippen molar-refractivity contribution in [2.45, 2.75) is 6.54 Å². The van der Waals surface area contributed by atoms with E-state index in [-0.39, 0.29) is 5.56 Å². The number of nitrogens with zero attached hydrogens (tertiary/aromatic N) is 4. The smallest absolute Gasteiger partial charge is 0.291 e. The summed E-state index contributed by atoms with van der Waals surface area (Å²) in [5.74, 6) is 0. The lowest BCUT2D eigenvalue weighted by atomic mass is 10.2. The van der Waals surface area contributed by atoms with E-state index in [0.717, 1.165) is 54.5 Å². The molecular weight excluding hydrogens is 290 g/mol. The molecule has 0 saturated carbocycles. The van der Waals surface area contributed by atoms with Crippen molar-refractivity contribution in [2.75, 3.05) is 32.7 Å². The lowest BCUT2D eigenvalue weighted by molar-refractivity contribution is 0.228. The fourth-order valence-electron chi connectivity index (χ4n) is 3.44. The van der Waals surface area contributed by atoms with E-state index in [0.29, 0.717) is 6.54 Å². The fraction of sp³-hybridized carbons (Fsp3) is 0.412. The molecule has 6 heteroatoms. The van der Waals surface area contributed by atoms with Crippen molar-refractivity contribution in [1.82, 2.24) is 24.6 Å². The van der Waals surface area contributed by atoms with Crippen LogP contribution in [-0.4, -0.2) is 52.0 Å². The van der Waals surface area contributed by atoms with Gasteiger partial charge in [0, 0.05) is 56.1 Å². The predicted octanol–water partition coefficient (Wildman–Crippen LogP) is 0.793. The Hall–Kier alpha value is -2.18. The molecule has 6 nitrogen and oxygen atoms in total. The third-order valence-corrected chi connectivity index (χ3v) is 4.75. The first-order chi connectivity index (χ1) is 11.3. The second-order valence-corrected chi connectivity index (χ2v) is 6.10. The van der Waals surface area contributed by atoms with Crippen LogP contribution in [0.5, 0.6) is 0 Å². The maximum atomic E-state index is 12.8. The van der Waals surface area contributed by atoms with Gasteiger partial charge in [0.2, 0.25) is 0 Å². The first-order valence-corrected chi connectivity index (χ1v) is 8.12. The van der Waals surface area contributed by atoms with Crippen molar-refractivity contribution >= 4 is 21.8 Å². The quantitative estimate of drug-likeness (QED) is 0.777. The highest BCUT2D eigenvalue weighted by Gasteiger charge is 2.14. The summed E-state index contributed by atoms with van der Waals surface area (Å²) in [5, 5.41) is 9.77. The average molecular weight is 311 g/mol. The Bertz CT molecular complexity index is 904. The minimum atomic E-state index is -0.00339. The van der Waals surface area contributed by atoms with Crippen molar-refractivity contribution < 1.29 is 0 Å². The molecule has 3 aromatic rings. The normalized spacial score (nSPS) is 16.4. The minimum absolute atomic E-state index is 0.00339. The van der Waals surface area contributed by atoms with Gasteiger partial charge in [-0.25, -0.2) is 4.68 Å². The van der Waals surface area contributed by atoms with Crippen LogP contribution < -0.4 is 10.9 Å². The Morgan fingerprint density at radius 3 is 2.74 bits per heavy atom. The molecular formula is C17H21N5O. The fourth-order valence-corrected chi connectivity index (χ4v) is 3.44. The number of aryl methyl sites for hydroxylation is 1. The second-order valence-electron chi connectivity index (χ2n) is 6.10. The summed E-state index contributed by atoms with van der Waals surface area (Å²) >= 11 is 0. The summed E-state index contributed by atoms with van der Waals surface area (Å²) < 4.78 is 3.58. The molecule has 1 saturated heterocycles. The molecule has 120 valence electrons. The van der Waals surface area contributed by atoms with E-state index in [4.69, 9.17) is 0 Å². The summed E-state index contributed by atoms with van der Waals surface area (Å²) in [6.45, 7) is 5.60. The van der Waals surface area contributed by atoms with Crippen LogP contribution >= 0.6 is 0 Å². The van der Waals surface area contributed by atoms with Gasteiger partial charge in [-0.3, -0.25) is 9.69 Å². The van der Waals surface area contributed by atoms with Gasteiger partial charge in [0.25, 0.3) is 5.56 Å². The Morgan fingerprint density at radius 1 is 1.13 bits per heavy atom. The molecule has 1 N–H and O–H groups in total. The van der Waals surface area contributed by atoms with Gasteiger partial charge in [-0.2, -0.15) is 5.10 Å². The second kappa shape index (κ2) is 5.79. The Labute approximate surface area is 134 Å². The van der Waals surface area contributed by atoms with Crippen LogP contribution in [0.3, 0.4) is 0 Å². The summed E-state index contributed by atoms with van der Waals surface area (Å²) in [6, 6.07) is 8.08. The maximum Gasteiger partial charge on any atom is 0.291 e. The van der Waals surface area contributed by atoms with Gasteiger partial charge in [-0.05, 0) is 6.07 Å². The van der Waals surface area contributed by atoms with Gasteiger partial charge in [-0.15, -0.1) is 0 Å². The number of para-hydroxylation sites is 1. The molecule has 0 spiro atoms. The van der Waals surface area contributed by atoms with E-state index >= 15 is 0 Å². The highest BCUT2D eigenvalue weighted by molar-refractivity contribution is 6.07. The van der Waals surface area contributed by atoms with Gasteiger partial charge < -0.3 is 9.88 Å². The third kappa shape index (κ3) is 2.44. The van der Waals surface area contributed by atoms with Crippen LogP contribution in [0.15, 0.2) is 35.3 Å². The first kappa shape index (κ1) is 14.4. The lowest BCUT2D eigenvalue weighted by Crippen LogP contribution is -2.45. The van der Waals surface area contributed by atoms with E-state index in [1.807, 2.05) is 42.1 Å². The molecule has 0 bridgehead atoms. The molecule has 0 unspecified atom stereocenters. The zero-order valence-electron chi connectivity index (χ0n) is 13.3. The van der Waals surface area contributed by atoms with E-state index in [1.165, 1.54) is 0 Å². The van der Waals surface area contributed by atoms with Crippen LogP contribution in [0, 0.1) is 0 Å². The largest absolute Gasteiger partial charge is 0.339 e. The number of fused-ring (bicyclic) bond motifs is 3. The van der Waals surface area contributed by atoms with Gasteiger partial charge >= 0.3 is 0 Å². The van der Waals surface area contributed by atoms with Crippen molar-refractivity contribution in [2.24, 2.45) is 7.05 Å². The number of aromatic nitrogens is 3. The van der Waals surface area contributed by atoms with Gasteiger partial charge in [0.1, 0.15) is 5.52 Å². The molecule has 0 aliphatic carbocycles. The van der Waals surface area contributed by atoms with E-state index in [2.05, 4.69) is 15.3 Å². The standard InChI is InChI=1S/C17H21N5O/c1-20-15-5-3-2-4-13(15)14-12-19-22(17(23)16(14)20)11-10-21-8-6-18-7-9-21/h2-5,12,18H,6-11H2,1H3. The minimum Gasteiger partial charge on any atom is -0.339 e. The van der Waals surface area contributed by atoms with Crippen molar-refractivity contribution in [3.63, 3.8) is 0 Å². The number of rotatable bonds is 3. The molecule has 1 fully saturated rings. The van der Waals surface area contributed by atoms with E-state index in [9.17, 15) is 4.79 Å². The Kier molecular flexibility index (Phi) is 3.63. The van der Waals surface area contributed by atoms with Crippen molar-refractivity contribution in [3.05, 3.63) is 40.8 Å². The van der Waals surface area contributed by atoms with Crippen LogP contribution in [0.4, 0.5) is 0 Å². The summed E-state index contributed by atoms with van der Waals surface area (Å²) in [6.07, 6.45) is 1.83. The third-order valence-electron chi connectivity index (χ3n) is 4.75. The van der Waals surface area contributed by atoms with Gasteiger partial charge in [0.15, 0.2) is 0 Å². The summed E-state index contributed by atoms with van der Waals surface area (Å²) in [5.41, 5.74) is 1.80. The first-order valence-electron chi connectivity index (χ1n) is 8.12. The Morgan fingerprint density at radius 2 is 1.91 bits per heavy atom. The van der Waals surface area contributed by atoms with Crippen LogP contribution in [0.25, 0.3) is 21.8 Å². The highest BCUT2D eigenvalue weighted by Crippen LogP contribution is 2.24. The summed E-state index contributed by atoms with van der Waals surface area (Å²) in [7, 11) is 1.95. The molecule has 0 amide bonds. The number of benzene rings is 1. The lowest BCUT2D eigenvalue weighted by Gasteiger charge is -2.26. The molecule has 1 aromatic carbocycles.